The minimum absolute atomic E-state index is 0.121. The smallest absolute Gasteiger partial charge is 0.345 e. The highest BCUT2D eigenvalue weighted by Crippen LogP contribution is 2.00. The van der Waals surface area contributed by atoms with Crippen LogP contribution in [0.1, 0.15) is 0 Å². The lowest BCUT2D eigenvalue weighted by atomic mass is 10.2. The highest BCUT2D eigenvalue weighted by atomic mass is 16.5. The van der Waals surface area contributed by atoms with Crippen molar-refractivity contribution >= 4 is 11.9 Å². The lowest BCUT2D eigenvalue weighted by molar-refractivity contribution is -0.856. The van der Waals surface area contributed by atoms with E-state index in [1.54, 1.807) is 6.08 Å². The first-order valence-electron chi connectivity index (χ1n) is 5.66. The van der Waals surface area contributed by atoms with Gasteiger partial charge in [-0.25, -0.2) is 9.59 Å². The molecule has 1 heterocycles. The number of hydrogen-bond acceptors (Lipinski definition) is 5. The van der Waals surface area contributed by atoms with E-state index >= 15 is 0 Å². The van der Waals surface area contributed by atoms with E-state index in [0.29, 0.717) is 13.2 Å². The molecule has 0 aliphatic carbocycles. The minimum atomic E-state index is -0.705. The Morgan fingerprint density at radius 1 is 1.11 bits per heavy atom. The Bertz CT molecular complexity index is 337. The lowest BCUT2D eigenvalue weighted by Crippen LogP contribution is -3.09. The number of ether oxygens (including phenoxy) is 3. The standard InChI is InChI=1S/C12H17NO5/c1-16-11(14)10(12(15)17-2)4-3-5-13-6-8-18-9-7-13/h3-5H,6-9H2,1-2H3/p+1/b5-3+. The normalized spacial score (nSPS) is 16.3. The van der Waals surface area contributed by atoms with Gasteiger partial charge in [-0.15, -0.1) is 0 Å². The van der Waals surface area contributed by atoms with Crippen molar-refractivity contribution in [3.63, 3.8) is 0 Å². The number of hydrogen-bond donors (Lipinski definition) is 1. The van der Waals surface area contributed by atoms with Gasteiger partial charge >= 0.3 is 11.9 Å². The maximum atomic E-state index is 11.3. The highest BCUT2D eigenvalue weighted by molar-refractivity contribution is 6.14. The first-order valence-corrected chi connectivity index (χ1v) is 5.66. The Labute approximate surface area is 106 Å². The fraction of sp³-hybridized carbons (Fsp3) is 0.500. The molecule has 1 fully saturated rings. The number of carbonyl (C=O) groups excluding carboxylic acids is 2. The van der Waals surface area contributed by atoms with E-state index < -0.39 is 11.9 Å². The van der Waals surface area contributed by atoms with Crippen LogP contribution >= 0.6 is 0 Å². The van der Waals surface area contributed by atoms with E-state index in [2.05, 4.69) is 9.47 Å². The summed E-state index contributed by atoms with van der Waals surface area (Å²) in [5, 5.41) is 0. The van der Waals surface area contributed by atoms with Crippen molar-refractivity contribution in [1.29, 1.82) is 0 Å². The molecule has 0 bridgehead atoms. The molecule has 1 aliphatic heterocycles. The van der Waals surface area contributed by atoms with Gasteiger partial charge in [-0.1, -0.05) is 0 Å². The van der Waals surface area contributed by atoms with Gasteiger partial charge in [0, 0.05) is 0 Å². The summed E-state index contributed by atoms with van der Waals surface area (Å²) in [4.78, 5) is 23.9. The van der Waals surface area contributed by atoms with Crippen LogP contribution < -0.4 is 4.90 Å². The van der Waals surface area contributed by atoms with Crippen LogP contribution in [0.15, 0.2) is 23.9 Å². The van der Waals surface area contributed by atoms with Crippen molar-refractivity contribution in [2.75, 3.05) is 40.5 Å². The molecule has 1 saturated heterocycles. The number of rotatable bonds is 4. The highest BCUT2D eigenvalue weighted by Gasteiger charge is 2.18. The topological polar surface area (TPSA) is 66.3 Å². The summed E-state index contributed by atoms with van der Waals surface area (Å²) in [6.45, 7) is 3.17. The van der Waals surface area contributed by atoms with Crippen molar-refractivity contribution in [3.8, 4) is 0 Å². The van der Waals surface area contributed by atoms with Crippen molar-refractivity contribution in [2.24, 2.45) is 0 Å². The second-order valence-corrected chi connectivity index (χ2v) is 3.69. The van der Waals surface area contributed by atoms with Gasteiger partial charge < -0.3 is 19.1 Å². The van der Waals surface area contributed by atoms with Crippen LogP contribution in [0.4, 0.5) is 0 Å². The molecule has 18 heavy (non-hydrogen) atoms. The zero-order chi connectivity index (χ0) is 13.4. The second-order valence-electron chi connectivity index (χ2n) is 3.69. The summed E-state index contributed by atoms with van der Waals surface area (Å²) in [6, 6.07) is 0. The Balaban J connectivity index is 2.66. The van der Waals surface area contributed by atoms with Gasteiger partial charge in [0.25, 0.3) is 0 Å². The Morgan fingerprint density at radius 3 is 2.17 bits per heavy atom. The zero-order valence-corrected chi connectivity index (χ0v) is 10.6. The molecule has 1 N–H and O–H groups in total. The minimum Gasteiger partial charge on any atom is -0.465 e. The van der Waals surface area contributed by atoms with E-state index in [9.17, 15) is 9.59 Å². The van der Waals surface area contributed by atoms with Gasteiger partial charge in [0.05, 0.1) is 33.6 Å². The summed E-state index contributed by atoms with van der Waals surface area (Å²) in [7, 11) is 2.44. The first-order chi connectivity index (χ1) is 8.69. The maximum Gasteiger partial charge on any atom is 0.345 e. The van der Waals surface area contributed by atoms with E-state index in [1.165, 1.54) is 25.2 Å². The van der Waals surface area contributed by atoms with E-state index in [-0.39, 0.29) is 5.57 Å². The van der Waals surface area contributed by atoms with E-state index in [4.69, 9.17) is 4.74 Å². The third kappa shape index (κ3) is 4.31. The largest absolute Gasteiger partial charge is 0.465 e. The van der Waals surface area contributed by atoms with Gasteiger partial charge in [0.1, 0.15) is 18.7 Å². The Morgan fingerprint density at radius 2 is 1.67 bits per heavy atom. The molecular weight excluding hydrogens is 238 g/mol. The van der Waals surface area contributed by atoms with Crippen LogP contribution in [-0.2, 0) is 23.8 Å². The fourth-order valence-corrected chi connectivity index (χ4v) is 1.52. The monoisotopic (exact) mass is 256 g/mol. The van der Waals surface area contributed by atoms with Crippen LogP contribution in [0.25, 0.3) is 0 Å². The molecule has 0 atom stereocenters. The summed E-state index contributed by atoms with van der Waals surface area (Å²) in [6.07, 6.45) is 4.94. The summed E-state index contributed by atoms with van der Waals surface area (Å²) < 4.78 is 14.2. The fourth-order valence-electron chi connectivity index (χ4n) is 1.52. The average Bonchev–Trinajstić information content (AvgIpc) is 2.43. The van der Waals surface area contributed by atoms with Crippen LogP contribution in [-0.4, -0.2) is 52.5 Å². The van der Waals surface area contributed by atoms with Gasteiger partial charge in [-0.3, -0.25) is 0 Å². The van der Waals surface area contributed by atoms with Gasteiger partial charge in [0.2, 0.25) is 0 Å². The van der Waals surface area contributed by atoms with Gasteiger partial charge in [-0.05, 0) is 12.2 Å². The number of morpholine rings is 1. The molecule has 0 radical (unpaired) electrons. The SMILES string of the molecule is COC(=O)C(=C/C=C/[NH+]1CCOCC1)C(=O)OC. The zero-order valence-electron chi connectivity index (χ0n) is 10.6. The molecule has 6 nitrogen and oxygen atoms in total. The number of nitrogens with one attached hydrogen (secondary N) is 1. The van der Waals surface area contributed by atoms with Gasteiger partial charge in [-0.2, -0.15) is 0 Å². The Kier molecular flexibility index (Phi) is 6.10. The van der Waals surface area contributed by atoms with Crippen molar-refractivity contribution in [3.05, 3.63) is 23.9 Å². The predicted molar refractivity (Wildman–Crippen MR) is 62.8 cm³/mol. The average molecular weight is 256 g/mol. The van der Waals surface area contributed by atoms with Crippen LogP contribution in [0, 0.1) is 0 Å². The molecule has 0 amide bonds. The Hall–Kier alpha value is -1.66. The van der Waals surface area contributed by atoms with Crippen molar-refractivity contribution in [2.45, 2.75) is 0 Å². The molecule has 0 spiro atoms. The van der Waals surface area contributed by atoms with E-state index in [0.717, 1.165) is 13.1 Å². The van der Waals surface area contributed by atoms with Gasteiger partial charge in [0.15, 0.2) is 0 Å². The van der Waals surface area contributed by atoms with Crippen LogP contribution in [0.3, 0.4) is 0 Å². The van der Waals surface area contributed by atoms with Crippen molar-refractivity contribution < 1.29 is 28.7 Å². The molecule has 0 unspecified atom stereocenters. The number of allylic oxidation sites excluding steroid dienone is 2. The molecular formula is C12H18NO5+. The quantitative estimate of drug-likeness (QED) is 0.222. The predicted octanol–water partition coefficient (Wildman–Crippen LogP) is -1.31. The molecule has 1 rings (SSSR count). The third-order valence-electron chi connectivity index (χ3n) is 2.54. The number of esters is 2. The number of methoxy groups -OCH3 is 2. The summed E-state index contributed by atoms with van der Waals surface area (Å²) in [5.74, 6) is -1.41. The second kappa shape index (κ2) is 7.62. The number of quaternary nitrogens is 1. The molecule has 0 aromatic rings. The van der Waals surface area contributed by atoms with Crippen molar-refractivity contribution in [1.82, 2.24) is 0 Å². The number of carbonyl (C=O) groups is 2. The lowest BCUT2D eigenvalue weighted by Gasteiger charge is -2.19. The summed E-state index contributed by atoms with van der Waals surface area (Å²) in [5.41, 5.74) is -0.121. The molecule has 0 aromatic carbocycles. The summed E-state index contributed by atoms with van der Waals surface area (Å²) >= 11 is 0. The molecule has 6 heteroatoms. The van der Waals surface area contributed by atoms with Crippen LogP contribution in [0.2, 0.25) is 0 Å². The molecule has 100 valence electrons. The van der Waals surface area contributed by atoms with E-state index in [1.807, 2.05) is 6.20 Å². The van der Waals surface area contributed by atoms with Crippen LogP contribution in [0.5, 0.6) is 0 Å². The first kappa shape index (κ1) is 14.4. The maximum absolute atomic E-state index is 11.3. The molecule has 0 saturated carbocycles. The molecule has 0 aromatic heterocycles. The third-order valence-corrected chi connectivity index (χ3v) is 2.54. The molecule has 1 aliphatic rings.